The van der Waals surface area contributed by atoms with Crippen LogP contribution in [0.25, 0.3) is 0 Å². The van der Waals surface area contributed by atoms with Gasteiger partial charge in [0.25, 0.3) is 5.56 Å². The first-order valence-electron chi connectivity index (χ1n) is 6.25. The van der Waals surface area contributed by atoms with E-state index in [0.29, 0.717) is 5.69 Å². The van der Waals surface area contributed by atoms with Crippen LogP contribution in [-0.4, -0.2) is 15.6 Å². The molecule has 1 atom stereocenters. The zero-order valence-corrected chi connectivity index (χ0v) is 14.4. The molecular weight excluding hydrogens is 402 g/mol. The number of benzene rings is 1. The Hall–Kier alpha value is -1.40. The highest BCUT2D eigenvalue weighted by atomic mass is 79.9. The van der Waals surface area contributed by atoms with E-state index in [1.165, 1.54) is 10.6 Å². The summed E-state index contributed by atoms with van der Waals surface area (Å²) in [7, 11) is 0. The van der Waals surface area contributed by atoms with Gasteiger partial charge in [0, 0.05) is 11.0 Å². The zero-order chi connectivity index (χ0) is 15.6. The standard InChI is InChI=1S/C15H13Br2NO3/c1-9(10-5-3-2-4-6-10)18-13(8-16)11(15(20)21)7-12(17)14(18)19/h2-7,9H,8H2,1H3,(H,20,21)/t9-/m0/s1. The largest absolute Gasteiger partial charge is 0.478 e. The highest BCUT2D eigenvalue weighted by Crippen LogP contribution is 2.23. The van der Waals surface area contributed by atoms with Gasteiger partial charge in [-0.1, -0.05) is 46.3 Å². The quantitative estimate of drug-likeness (QED) is 0.773. The predicted molar refractivity (Wildman–Crippen MR) is 88.2 cm³/mol. The zero-order valence-electron chi connectivity index (χ0n) is 11.2. The van der Waals surface area contributed by atoms with Gasteiger partial charge in [0.05, 0.1) is 16.1 Å². The lowest BCUT2D eigenvalue weighted by Gasteiger charge is -2.21. The molecule has 0 aliphatic heterocycles. The summed E-state index contributed by atoms with van der Waals surface area (Å²) in [6.07, 6.45) is 0. The van der Waals surface area contributed by atoms with E-state index in [2.05, 4.69) is 31.9 Å². The third-order valence-corrected chi connectivity index (χ3v) is 4.42. The number of carboxylic acids is 1. The van der Waals surface area contributed by atoms with E-state index in [1.54, 1.807) is 0 Å². The van der Waals surface area contributed by atoms with Crippen molar-refractivity contribution in [2.24, 2.45) is 0 Å². The summed E-state index contributed by atoms with van der Waals surface area (Å²) in [5.41, 5.74) is 1.26. The molecule has 1 aromatic carbocycles. The third-order valence-electron chi connectivity index (χ3n) is 3.32. The van der Waals surface area contributed by atoms with Crippen molar-refractivity contribution in [3.8, 4) is 0 Å². The Labute approximate surface area is 138 Å². The van der Waals surface area contributed by atoms with Crippen LogP contribution in [0.2, 0.25) is 0 Å². The lowest BCUT2D eigenvalue weighted by molar-refractivity contribution is 0.0694. The Morgan fingerprint density at radius 3 is 2.48 bits per heavy atom. The van der Waals surface area contributed by atoms with Crippen LogP contribution in [-0.2, 0) is 5.33 Å². The maximum absolute atomic E-state index is 12.4. The van der Waals surface area contributed by atoms with Gasteiger partial charge in [-0.3, -0.25) is 4.79 Å². The van der Waals surface area contributed by atoms with Gasteiger partial charge in [0.1, 0.15) is 0 Å². The van der Waals surface area contributed by atoms with Crippen LogP contribution in [0.4, 0.5) is 0 Å². The van der Waals surface area contributed by atoms with Crippen LogP contribution in [0.5, 0.6) is 0 Å². The second-order valence-electron chi connectivity index (χ2n) is 4.55. The summed E-state index contributed by atoms with van der Waals surface area (Å²) >= 11 is 6.45. The van der Waals surface area contributed by atoms with E-state index in [0.717, 1.165) is 5.56 Å². The summed E-state index contributed by atoms with van der Waals surface area (Å²) in [4.78, 5) is 23.8. The molecule has 4 nitrogen and oxygen atoms in total. The maximum atomic E-state index is 12.4. The number of aromatic carboxylic acids is 1. The molecule has 1 heterocycles. The second-order valence-corrected chi connectivity index (χ2v) is 5.97. The molecule has 2 rings (SSSR count). The Bertz CT molecular complexity index is 726. The van der Waals surface area contributed by atoms with Gasteiger partial charge in [-0.15, -0.1) is 0 Å². The first-order valence-corrected chi connectivity index (χ1v) is 8.17. The first kappa shape index (κ1) is 16.0. The molecule has 0 aliphatic carbocycles. The van der Waals surface area contributed by atoms with Gasteiger partial charge in [-0.25, -0.2) is 4.79 Å². The van der Waals surface area contributed by atoms with Crippen molar-refractivity contribution in [2.75, 3.05) is 0 Å². The summed E-state index contributed by atoms with van der Waals surface area (Å²) in [5, 5.41) is 9.62. The molecule has 0 fully saturated rings. The maximum Gasteiger partial charge on any atom is 0.337 e. The number of halogens is 2. The van der Waals surface area contributed by atoms with Crippen molar-refractivity contribution >= 4 is 37.8 Å². The van der Waals surface area contributed by atoms with Gasteiger partial charge >= 0.3 is 5.97 Å². The molecule has 0 bridgehead atoms. The second kappa shape index (κ2) is 6.58. The Morgan fingerprint density at radius 1 is 1.33 bits per heavy atom. The molecule has 0 spiro atoms. The molecule has 0 aliphatic rings. The number of hydrogen-bond donors (Lipinski definition) is 1. The Morgan fingerprint density at radius 2 is 1.95 bits per heavy atom. The molecule has 0 radical (unpaired) electrons. The number of rotatable bonds is 4. The number of carbonyl (C=O) groups is 1. The molecule has 0 amide bonds. The normalized spacial score (nSPS) is 12.1. The highest BCUT2D eigenvalue weighted by Gasteiger charge is 2.21. The van der Waals surface area contributed by atoms with Crippen LogP contribution in [0.1, 0.15) is 34.6 Å². The summed E-state index contributed by atoms with van der Waals surface area (Å²) in [5.74, 6) is -1.06. The fourth-order valence-corrected chi connectivity index (χ4v) is 3.24. The van der Waals surface area contributed by atoms with Crippen molar-refractivity contribution in [1.82, 2.24) is 4.57 Å². The van der Waals surface area contributed by atoms with E-state index in [4.69, 9.17) is 0 Å². The van der Waals surface area contributed by atoms with Crippen LogP contribution >= 0.6 is 31.9 Å². The third kappa shape index (κ3) is 3.11. The van der Waals surface area contributed by atoms with Gasteiger partial charge in [0.2, 0.25) is 0 Å². The van der Waals surface area contributed by atoms with Gasteiger partial charge in [0.15, 0.2) is 0 Å². The van der Waals surface area contributed by atoms with E-state index in [-0.39, 0.29) is 27.0 Å². The fourth-order valence-electron chi connectivity index (χ4n) is 2.25. The van der Waals surface area contributed by atoms with E-state index in [1.807, 2.05) is 37.3 Å². The first-order chi connectivity index (χ1) is 9.97. The van der Waals surface area contributed by atoms with Crippen molar-refractivity contribution in [3.63, 3.8) is 0 Å². The molecule has 21 heavy (non-hydrogen) atoms. The van der Waals surface area contributed by atoms with Crippen LogP contribution in [0.15, 0.2) is 45.7 Å². The molecule has 1 aromatic heterocycles. The number of alkyl halides is 1. The molecule has 2 aromatic rings. The van der Waals surface area contributed by atoms with Crippen molar-refractivity contribution < 1.29 is 9.90 Å². The minimum absolute atomic E-state index is 0.112. The van der Waals surface area contributed by atoms with Crippen LogP contribution in [0, 0.1) is 0 Å². The number of carboxylic acid groups (broad SMARTS) is 1. The average molecular weight is 415 g/mol. The number of nitrogens with zero attached hydrogens (tertiary/aromatic N) is 1. The molecule has 6 heteroatoms. The minimum atomic E-state index is -1.06. The van der Waals surface area contributed by atoms with E-state index >= 15 is 0 Å². The molecule has 110 valence electrons. The number of hydrogen-bond acceptors (Lipinski definition) is 2. The number of pyridine rings is 1. The SMILES string of the molecule is C[C@@H](c1ccccc1)n1c(CBr)c(C(=O)O)cc(Br)c1=O. The molecule has 0 saturated carbocycles. The molecule has 0 unspecified atom stereocenters. The number of aromatic nitrogens is 1. The topological polar surface area (TPSA) is 59.3 Å². The summed E-state index contributed by atoms with van der Waals surface area (Å²) < 4.78 is 1.75. The lowest BCUT2D eigenvalue weighted by atomic mass is 10.1. The van der Waals surface area contributed by atoms with Crippen molar-refractivity contribution in [2.45, 2.75) is 18.3 Å². The fraction of sp³-hybridized carbons (Fsp3) is 0.200. The van der Waals surface area contributed by atoms with Gasteiger partial charge < -0.3 is 9.67 Å². The average Bonchev–Trinajstić information content (AvgIpc) is 2.49. The van der Waals surface area contributed by atoms with Crippen molar-refractivity contribution in [1.29, 1.82) is 0 Å². The van der Waals surface area contributed by atoms with Gasteiger partial charge in [-0.05, 0) is 34.5 Å². The minimum Gasteiger partial charge on any atom is -0.478 e. The van der Waals surface area contributed by atoms with Crippen LogP contribution in [0.3, 0.4) is 0 Å². The van der Waals surface area contributed by atoms with Crippen molar-refractivity contribution in [3.05, 3.63) is 68.0 Å². The summed E-state index contributed by atoms with van der Waals surface area (Å²) in [6, 6.07) is 10.6. The Kier molecular flexibility index (Phi) is 5.00. The molecular formula is C15H13Br2NO3. The molecule has 1 N–H and O–H groups in total. The smallest absolute Gasteiger partial charge is 0.337 e. The summed E-state index contributed by atoms with van der Waals surface area (Å²) in [6.45, 7) is 1.88. The molecule has 0 saturated heterocycles. The highest BCUT2D eigenvalue weighted by molar-refractivity contribution is 9.10. The van der Waals surface area contributed by atoms with E-state index < -0.39 is 5.97 Å². The van der Waals surface area contributed by atoms with E-state index in [9.17, 15) is 14.7 Å². The monoisotopic (exact) mass is 413 g/mol. The Balaban J connectivity index is 2.73. The van der Waals surface area contributed by atoms with Gasteiger partial charge in [-0.2, -0.15) is 0 Å². The predicted octanol–water partition coefficient (Wildman–Crippen LogP) is 3.81. The van der Waals surface area contributed by atoms with Crippen LogP contribution < -0.4 is 5.56 Å². The lowest BCUT2D eigenvalue weighted by Crippen LogP contribution is -2.29.